The van der Waals surface area contributed by atoms with Gasteiger partial charge in [0.15, 0.2) is 0 Å². The number of carbonyl (C=O) groups is 2. The van der Waals surface area contributed by atoms with Crippen molar-refractivity contribution < 1.29 is 32.7 Å². The van der Waals surface area contributed by atoms with Crippen molar-refractivity contribution in [3.63, 3.8) is 0 Å². The molecule has 0 spiro atoms. The highest BCUT2D eigenvalue weighted by Crippen LogP contribution is 2.55. The first kappa shape index (κ1) is 27.1. The summed E-state index contributed by atoms with van der Waals surface area (Å²) in [4.78, 5) is 26.9. The number of imide groups is 1. The number of hydrogen-bond donors (Lipinski definition) is 0. The summed E-state index contributed by atoms with van der Waals surface area (Å²) in [5.74, 6) is -1.29. The van der Waals surface area contributed by atoms with Crippen LogP contribution in [0.1, 0.15) is 24.5 Å². The average Bonchev–Trinajstić information content (AvgIpc) is 2.87. The number of carbonyl (C=O) groups excluding carboxylic acids is 2. The maximum atomic E-state index is 13.7. The molecule has 0 heterocycles. The van der Waals surface area contributed by atoms with Gasteiger partial charge in [-0.2, -0.15) is 4.90 Å². The Labute approximate surface area is 200 Å². The van der Waals surface area contributed by atoms with Gasteiger partial charge in [0.1, 0.15) is 19.0 Å². The second-order valence-electron chi connectivity index (χ2n) is 7.05. The fraction of sp³-hybridized carbons (Fsp3) is 0.280. The summed E-state index contributed by atoms with van der Waals surface area (Å²) >= 11 is 0. The van der Waals surface area contributed by atoms with Crippen LogP contribution in [0.2, 0.25) is 0 Å². The molecule has 2 aromatic rings. The summed E-state index contributed by atoms with van der Waals surface area (Å²) in [6, 6.07) is 17.9. The number of ether oxygens (including phenoxy) is 2. The van der Waals surface area contributed by atoms with Crippen molar-refractivity contribution in [1.29, 1.82) is 0 Å². The monoisotopic (exact) mass is 487 g/mol. The van der Waals surface area contributed by atoms with Gasteiger partial charge in [-0.3, -0.25) is 4.57 Å². The molecule has 0 saturated heterocycles. The number of rotatable bonds is 13. The predicted molar refractivity (Wildman–Crippen MR) is 129 cm³/mol. The van der Waals surface area contributed by atoms with Crippen molar-refractivity contribution in [1.82, 2.24) is 4.90 Å². The maximum absolute atomic E-state index is 13.7. The van der Waals surface area contributed by atoms with Gasteiger partial charge in [0.25, 0.3) is 0 Å². The molecule has 0 aliphatic carbocycles. The van der Waals surface area contributed by atoms with E-state index in [1.165, 1.54) is 12.2 Å². The van der Waals surface area contributed by atoms with E-state index in [1.807, 2.05) is 12.1 Å². The Balaban J connectivity index is 2.31. The third-order valence-corrected chi connectivity index (χ3v) is 6.92. The first-order chi connectivity index (χ1) is 16.4. The van der Waals surface area contributed by atoms with Crippen LogP contribution in [0.3, 0.4) is 0 Å². The molecule has 8 nitrogen and oxygen atoms in total. The zero-order valence-corrected chi connectivity index (χ0v) is 20.1. The summed E-state index contributed by atoms with van der Waals surface area (Å²) < 4.78 is 35.3. The first-order valence-corrected chi connectivity index (χ1v) is 12.4. The van der Waals surface area contributed by atoms with E-state index in [9.17, 15) is 14.2 Å². The maximum Gasteiger partial charge on any atom is 0.420 e. The van der Waals surface area contributed by atoms with E-state index >= 15 is 0 Å². The van der Waals surface area contributed by atoms with Gasteiger partial charge in [0.2, 0.25) is 0 Å². The van der Waals surface area contributed by atoms with Crippen LogP contribution >= 0.6 is 7.60 Å². The van der Waals surface area contributed by atoms with E-state index in [0.717, 1.165) is 11.1 Å². The average molecular weight is 487 g/mol. The zero-order valence-electron chi connectivity index (χ0n) is 19.2. The Kier molecular flexibility index (Phi) is 11.3. The Morgan fingerprint density at radius 3 is 1.62 bits per heavy atom. The van der Waals surface area contributed by atoms with Gasteiger partial charge < -0.3 is 18.5 Å². The summed E-state index contributed by atoms with van der Waals surface area (Å²) in [7, 11) is -4.04. The van der Waals surface area contributed by atoms with Crippen molar-refractivity contribution in [3.8, 4) is 0 Å². The summed E-state index contributed by atoms with van der Waals surface area (Å²) in [5, 5.41) is 0. The minimum atomic E-state index is -4.04. The smallest absolute Gasteiger partial charge is 0.420 e. The van der Waals surface area contributed by atoms with Gasteiger partial charge in [-0.25, -0.2) is 9.59 Å². The SMILES string of the molecule is C=CCOP(=O)(OCC=C)C(CC)N(C(=O)OCc1ccccc1)C(=O)OCc1ccccc1. The van der Waals surface area contributed by atoms with E-state index in [4.69, 9.17) is 18.5 Å². The highest BCUT2D eigenvalue weighted by Gasteiger charge is 2.45. The summed E-state index contributed by atoms with van der Waals surface area (Å²) in [5.41, 5.74) is 1.44. The van der Waals surface area contributed by atoms with E-state index in [2.05, 4.69) is 13.2 Å². The van der Waals surface area contributed by atoms with E-state index in [1.54, 1.807) is 55.5 Å². The topological polar surface area (TPSA) is 91.4 Å². The lowest BCUT2D eigenvalue weighted by molar-refractivity contribution is 0.0593. The molecule has 2 rings (SSSR count). The van der Waals surface area contributed by atoms with Gasteiger partial charge >= 0.3 is 19.8 Å². The van der Waals surface area contributed by atoms with Gasteiger partial charge in [-0.1, -0.05) is 79.7 Å². The Bertz CT molecular complexity index is 910. The molecule has 0 aromatic heterocycles. The van der Waals surface area contributed by atoms with Crippen LogP contribution < -0.4 is 0 Å². The molecule has 1 unspecified atom stereocenters. The molecule has 2 aromatic carbocycles. The van der Waals surface area contributed by atoms with Crippen LogP contribution in [0.5, 0.6) is 0 Å². The lowest BCUT2D eigenvalue weighted by Gasteiger charge is -2.32. The normalized spacial score (nSPS) is 11.8. The molecule has 0 saturated carbocycles. The third kappa shape index (κ3) is 7.99. The molecular formula is C25H30NO7P. The van der Waals surface area contributed by atoms with Crippen LogP contribution in [-0.2, 0) is 36.3 Å². The number of amides is 2. The lowest BCUT2D eigenvalue weighted by atomic mass is 10.2. The minimum Gasteiger partial charge on any atom is -0.444 e. The van der Waals surface area contributed by atoms with Crippen molar-refractivity contribution in [3.05, 3.63) is 97.1 Å². The molecule has 0 aliphatic heterocycles. The predicted octanol–water partition coefficient (Wildman–Crippen LogP) is 6.30. The van der Waals surface area contributed by atoms with Crippen LogP contribution in [0.25, 0.3) is 0 Å². The highest BCUT2D eigenvalue weighted by molar-refractivity contribution is 7.54. The first-order valence-electron chi connectivity index (χ1n) is 10.8. The van der Waals surface area contributed by atoms with E-state index < -0.39 is 25.6 Å². The lowest BCUT2D eigenvalue weighted by Crippen LogP contribution is -2.45. The van der Waals surface area contributed by atoms with Gasteiger partial charge in [0, 0.05) is 0 Å². The Hall–Kier alpha value is -3.19. The molecule has 1 atom stereocenters. The number of nitrogens with zero attached hydrogens (tertiary/aromatic N) is 1. The highest BCUT2D eigenvalue weighted by atomic mass is 31.2. The molecule has 182 valence electrons. The van der Waals surface area contributed by atoms with Gasteiger partial charge in [0.05, 0.1) is 13.2 Å². The van der Waals surface area contributed by atoms with Gasteiger partial charge in [-0.05, 0) is 17.5 Å². The molecule has 2 amide bonds. The van der Waals surface area contributed by atoms with Crippen molar-refractivity contribution >= 4 is 19.8 Å². The van der Waals surface area contributed by atoms with Crippen LogP contribution in [0.15, 0.2) is 86.0 Å². The van der Waals surface area contributed by atoms with Crippen LogP contribution in [0.4, 0.5) is 9.59 Å². The van der Waals surface area contributed by atoms with Crippen molar-refractivity contribution in [2.75, 3.05) is 13.2 Å². The molecule has 0 radical (unpaired) electrons. The third-order valence-electron chi connectivity index (χ3n) is 4.58. The van der Waals surface area contributed by atoms with Gasteiger partial charge in [-0.15, -0.1) is 13.2 Å². The van der Waals surface area contributed by atoms with Crippen molar-refractivity contribution in [2.45, 2.75) is 32.3 Å². The second-order valence-corrected chi connectivity index (χ2v) is 9.24. The molecular weight excluding hydrogens is 457 g/mol. The molecule has 0 aliphatic rings. The van der Waals surface area contributed by atoms with Crippen molar-refractivity contribution in [2.24, 2.45) is 0 Å². The standard InChI is InChI=1S/C25H30NO7P/c1-4-17-32-34(29,33-18-5-2)23(6-3)26(24(27)30-19-21-13-9-7-10-14-21)25(28)31-20-22-15-11-8-12-16-22/h4-5,7-16,23H,1-2,6,17-20H2,3H3. The second kappa shape index (κ2) is 14.2. The van der Waals surface area contributed by atoms with Crippen LogP contribution in [-0.4, -0.2) is 36.1 Å². The Morgan fingerprint density at radius 2 is 1.26 bits per heavy atom. The number of benzene rings is 2. The molecule has 0 fully saturated rings. The van der Waals surface area contributed by atoms with E-state index in [0.29, 0.717) is 4.90 Å². The molecule has 0 bridgehead atoms. The summed E-state index contributed by atoms with van der Waals surface area (Å²) in [6.07, 6.45) is 0.786. The minimum absolute atomic E-state index is 0.0619. The number of hydrogen-bond acceptors (Lipinski definition) is 7. The zero-order chi connectivity index (χ0) is 24.8. The van der Waals surface area contributed by atoms with Crippen LogP contribution in [0, 0.1) is 0 Å². The molecule has 9 heteroatoms. The molecule has 0 N–H and O–H groups in total. The summed E-state index contributed by atoms with van der Waals surface area (Å²) in [6.45, 7) is 8.33. The quantitative estimate of drug-likeness (QED) is 0.242. The fourth-order valence-corrected chi connectivity index (χ4v) is 4.93. The molecule has 34 heavy (non-hydrogen) atoms. The van der Waals surface area contributed by atoms with E-state index in [-0.39, 0.29) is 32.8 Å². The fourth-order valence-electron chi connectivity index (χ4n) is 2.97. The Morgan fingerprint density at radius 1 is 0.853 bits per heavy atom. The largest absolute Gasteiger partial charge is 0.444 e.